The lowest BCUT2D eigenvalue weighted by atomic mass is 10.2. The zero-order valence-corrected chi connectivity index (χ0v) is 10.7. The number of nitrogens with one attached hydrogen (secondary N) is 1. The van der Waals surface area contributed by atoms with E-state index in [1.807, 2.05) is 0 Å². The van der Waals surface area contributed by atoms with Gasteiger partial charge in [0.1, 0.15) is 0 Å². The molecule has 2 nitrogen and oxygen atoms in total. The first kappa shape index (κ1) is 10.6. The van der Waals surface area contributed by atoms with E-state index in [1.54, 1.807) is 11.3 Å². The topological polar surface area (TPSA) is 15.3 Å². The molecule has 0 aromatic carbocycles. The molecule has 1 aromatic heterocycles. The highest BCUT2D eigenvalue weighted by molar-refractivity contribution is 9.10. The summed E-state index contributed by atoms with van der Waals surface area (Å²) in [6.45, 7) is 6.75. The fraction of sp³-hybridized carbons (Fsp3) is 0.600. The van der Waals surface area contributed by atoms with Crippen LogP contribution in [0.5, 0.6) is 0 Å². The molecule has 0 bridgehead atoms. The van der Waals surface area contributed by atoms with Crippen LogP contribution in [0.2, 0.25) is 0 Å². The Bertz CT molecular complexity index is 300. The Morgan fingerprint density at radius 3 is 3.14 bits per heavy atom. The lowest BCUT2D eigenvalue weighted by molar-refractivity contribution is 0.199. The van der Waals surface area contributed by atoms with Crippen molar-refractivity contribution in [2.75, 3.05) is 19.6 Å². The molecule has 78 valence electrons. The number of hydrogen-bond acceptors (Lipinski definition) is 3. The zero-order valence-electron chi connectivity index (χ0n) is 8.29. The maximum Gasteiger partial charge on any atom is 0.0327 e. The average Bonchev–Trinajstić information content (AvgIpc) is 2.52. The molecule has 4 heteroatoms. The van der Waals surface area contributed by atoms with Crippen molar-refractivity contribution < 1.29 is 0 Å². The molecule has 1 aliphatic heterocycles. The van der Waals surface area contributed by atoms with E-state index < -0.39 is 0 Å². The minimum Gasteiger partial charge on any atom is -0.312 e. The third-order valence-electron chi connectivity index (χ3n) is 2.54. The second-order valence-electron chi connectivity index (χ2n) is 3.84. The molecular weight excluding hydrogens is 260 g/mol. The third-order valence-corrected chi connectivity index (χ3v) is 4.37. The van der Waals surface area contributed by atoms with Gasteiger partial charge in [-0.2, -0.15) is 11.3 Å². The number of halogens is 1. The summed E-state index contributed by atoms with van der Waals surface area (Å²) in [4.78, 5) is 2.51. The summed E-state index contributed by atoms with van der Waals surface area (Å²) in [6.07, 6.45) is 0. The van der Waals surface area contributed by atoms with Crippen LogP contribution in [0.15, 0.2) is 15.2 Å². The molecule has 2 heterocycles. The van der Waals surface area contributed by atoms with E-state index in [0.29, 0.717) is 6.04 Å². The van der Waals surface area contributed by atoms with Crippen molar-refractivity contribution in [1.82, 2.24) is 10.2 Å². The molecule has 0 radical (unpaired) electrons. The van der Waals surface area contributed by atoms with Crippen LogP contribution in [-0.4, -0.2) is 30.6 Å². The molecule has 0 spiro atoms. The lowest BCUT2D eigenvalue weighted by Crippen LogP contribution is -2.48. The molecule has 1 atom stereocenters. The second kappa shape index (κ2) is 4.75. The minimum atomic E-state index is 0.626. The van der Waals surface area contributed by atoms with Gasteiger partial charge in [0.05, 0.1) is 0 Å². The van der Waals surface area contributed by atoms with E-state index in [2.05, 4.69) is 43.8 Å². The summed E-state index contributed by atoms with van der Waals surface area (Å²) in [5, 5.41) is 7.84. The Morgan fingerprint density at radius 2 is 2.50 bits per heavy atom. The highest BCUT2D eigenvalue weighted by Crippen LogP contribution is 2.23. The Kier molecular flexibility index (Phi) is 3.60. The van der Waals surface area contributed by atoms with E-state index in [1.165, 1.54) is 10.0 Å². The highest BCUT2D eigenvalue weighted by Gasteiger charge is 2.16. The maximum atomic E-state index is 3.58. The molecule has 14 heavy (non-hydrogen) atoms. The van der Waals surface area contributed by atoms with Crippen LogP contribution in [0.25, 0.3) is 0 Å². The monoisotopic (exact) mass is 274 g/mol. The van der Waals surface area contributed by atoms with Gasteiger partial charge in [-0.25, -0.2) is 0 Å². The molecule has 1 N–H and O–H groups in total. The van der Waals surface area contributed by atoms with Crippen LogP contribution in [0.4, 0.5) is 0 Å². The smallest absolute Gasteiger partial charge is 0.0327 e. The van der Waals surface area contributed by atoms with Crippen molar-refractivity contribution in [1.29, 1.82) is 0 Å². The summed E-state index contributed by atoms with van der Waals surface area (Å²) in [7, 11) is 0. The van der Waals surface area contributed by atoms with E-state index in [9.17, 15) is 0 Å². The quantitative estimate of drug-likeness (QED) is 0.891. The van der Waals surface area contributed by atoms with Gasteiger partial charge >= 0.3 is 0 Å². The Labute approximate surface area is 97.4 Å². The Morgan fingerprint density at radius 1 is 1.64 bits per heavy atom. The van der Waals surface area contributed by atoms with E-state index >= 15 is 0 Å². The third kappa shape index (κ3) is 2.57. The zero-order chi connectivity index (χ0) is 9.97. The van der Waals surface area contributed by atoms with Gasteiger partial charge in [0.25, 0.3) is 0 Å². The van der Waals surface area contributed by atoms with Crippen LogP contribution in [0, 0.1) is 0 Å². The first-order valence-electron chi connectivity index (χ1n) is 4.92. The summed E-state index contributed by atoms with van der Waals surface area (Å²) < 4.78 is 1.26. The first-order valence-corrected chi connectivity index (χ1v) is 6.65. The summed E-state index contributed by atoms with van der Waals surface area (Å²) >= 11 is 5.34. The standard InChI is InChI=1S/C10H15BrN2S/c1-8-4-13(3-2-12-8)5-9-6-14-7-10(9)11/h6-8,12H,2-5H2,1H3/t8-/m0/s1. The molecule has 0 amide bonds. The van der Waals surface area contributed by atoms with Gasteiger partial charge in [0.2, 0.25) is 0 Å². The normalized spacial score (nSPS) is 24.0. The molecule has 1 aliphatic rings. The predicted octanol–water partition coefficient (Wildman–Crippen LogP) is 2.30. The van der Waals surface area contributed by atoms with Crippen LogP contribution in [0.1, 0.15) is 12.5 Å². The van der Waals surface area contributed by atoms with E-state index in [-0.39, 0.29) is 0 Å². The number of piperazine rings is 1. The van der Waals surface area contributed by atoms with Gasteiger partial charge in [-0.15, -0.1) is 0 Å². The molecule has 0 saturated carbocycles. The molecule has 1 fully saturated rings. The van der Waals surface area contributed by atoms with Crippen molar-refractivity contribution in [3.05, 3.63) is 20.8 Å². The number of thiophene rings is 1. The predicted molar refractivity (Wildman–Crippen MR) is 64.8 cm³/mol. The lowest BCUT2D eigenvalue weighted by Gasteiger charge is -2.31. The van der Waals surface area contributed by atoms with Crippen LogP contribution < -0.4 is 5.32 Å². The maximum absolute atomic E-state index is 3.58. The summed E-state index contributed by atoms with van der Waals surface area (Å²) in [6, 6.07) is 0.626. The molecule has 1 saturated heterocycles. The van der Waals surface area contributed by atoms with Gasteiger partial charge < -0.3 is 5.32 Å². The Balaban J connectivity index is 1.94. The summed E-state index contributed by atoms with van der Waals surface area (Å²) in [5.41, 5.74) is 1.42. The first-order chi connectivity index (χ1) is 6.75. The van der Waals surface area contributed by atoms with E-state index in [0.717, 1.165) is 26.2 Å². The fourth-order valence-electron chi connectivity index (χ4n) is 1.82. The largest absolute Gasteiger partial charge is 0.312 e. The number of rotatable bonds is 2. The molecular formula is C10H15BrN2S. The molecule has 0 unspecified atom stereocenters. The number of nitrogens with zero attached hydrogens (tertiary/aromatic N) is 1. The van der Waals surface area contributed by atoms with Crippen LogP contribution in [0.3, 0.4) is 0 Å². The van der Waals surface area contributed by atoms with Gasteiger partial charge in [0.15, 0.2) is 0 Å². The number of hydrogen-bond donors (Lipinski definition) is 1. The van der Waals surface area contributed by atoms with Crippen molar-refractivity contribution in [2.45, 2.75) is 19.5 Å². The van der Waals surface area contributed by atoms with Crippen LogP contribution in [-0.2, 0) is 6.54 Å². The minimum absolute atomic E-state index is 0.626. The molecule has 1 aromatic rings. The van der Waals surface area contributed by atoms with Gasteiger partial charge in [-0.3, -0.25) is 4.90 Å². The summed E-state index contributed by atoms with van der Waals surface area (Å²) in [5.74, 6) is 0. The van der Waals surface area contributed by atoms with Crippen LogP contribution >= 0.6 is 27.3 Å². The molecule has 0 aliphatic carbocycles. The van der Waals surface area contributed by atoms with Crippen molar-refractivity contribution in [3.63, 3.8) is 0 Å². The highest BCUT2D eigenvalue weighted by atomic mass is 79.9. The van der Waals surface area contributed by atoms with Gasteiger partial charge in [-0.1, -0.05) is 0 Å². The Hall–Kier alpha value is 0.1000. The van der Waals surface area contributed by atoms with E-state index in [4.69, 9.17) is 0 Å². The fourth-order valence-corrected chi connectivity index (χ4v) is 3.24. The second-order valence-corrected chi connectivity index (χ2v) is 5.43. The van der Waals surface area contributed by atoms with Crippen molar-refractivity contribution in [3.8, 4) is 0 Å². The van der Waals surface area contributed by atoms with Gasteiger partial charge in [0, 0.05) is 42.1 Å². The molecule has 2 rings (SSSR count). The van der Waals surface area contributed by atoms with Crippen molar-refractivity contribution in [2.24, 2.45) is 0 Å². The van der Waals surface area contributed by atoms with Crippen molar-refractivity contribution >= 4 is 27.3 Å². The van der Waals surface area contributed by atoms with Gasteiger partial charge in [-0.05, 0) is 33.8 Å². The average molecular weight is 275 g/mol. The SMILES string of the molecule is C[C@H]1CN(Cc2cscc2Br)CCN1.